The van der Waals surface area contributed by atoms with Gasteiger partial charge in [-0.15, -0.1) is 0 Å². The Hall–Kier alpha value is -4.44. The Morgan fingerprint density at radius 2 is 1.66 bits per heavy atom. The number of ether oxygens (including phenoxy) is 1. The fourth-order valence-corrected chi connectivity index (χ4v) is 2.70. The zero-order valence-electron chi connectivity index (χ0n) is 17.0. The first-order valence-corrected chi connectivity index (χ1v) is 9.76. The first-order chi connectivity index (χ1) is 15.5. The largest absolute Gasteiger partial charge is 0.484 e. The van der Waals surface area contributed by atoms with Crippen LogP contribution >= 0.6 is 0 Å². The minimum Gasteiger partial charge on any atom is -0.484 e. The molecule has 7 heteroatoms. The van der Waals surface area contributed by atoms with Crippen LogP contribution in [-0.4, -0.2) is 18.4 Å². The quantitative estimate of drug-likeness (QED) is 0.417. The maximum Gasteiger partial charge on any atom is 0.266 e. The van der Waals surface area contributed by atoms with Crippen molar-refractivity contribution in [2.75, 3.05) is 11.9 Å². The molecule has 0 saturated heterocycles. The second-order valence-corrected chi connectivity index (χ2v) is 6.75. The molecule has 3 aromatic rings. The molecule has 0 fully saturated rings. The van der Waals surface area contributed by atoms with E-state index in [0.29, 0.717) is 23.5 Å². The van der Waals surface area contributed by atoms with Crippen LogP contribution in [0.4, 0.5) is 10.1 Å². The number of carbonyl (C=O) groups excluding carboxylic acids is 2. The van der Waals surface area contributed by atoms with E-state index in [1.807, 2.05) is 36.4 Å². The molecule has 0 aliphatic rings. The van der Waals surface area contributed by atoms with Crippen LogP contribution in [0.15, 0.2) is 84.4 Å². The molecule has 2 amide bonds. The Kier molecular flexibility index (Phi) is 7.71. The summed E-state index contributed by atoms with van der Waals surface area (Å²) in [5, 5.41) is 14.6. The van der Waals surface area contributed by atoms with Gasteiger partial charge < -0.3 is 15.4 Å². The molecule has 2 N–H and O–H groups in total. The Bertz CT molecular complexity index is 1140. The van der Waals surface area contributed by atoms with Crippen molar-refractivity contribution in [2.45, 2.75) is 6.54 Å². The van der Waals surface area contributed by atoms with Crippen LogP contribution in [0.2, 0.25) is 0 Å². The molecule has 3 aromatic carbocycles. The van der Waals surface area contributed by atoms with Gasteiger partial charge in [-0.05, 0) is 53.6 Å². The zero-order chi connectivity index (χ0) is 22.8. The number of nitrogens with one attached hydrogen (secondary N) is 2. The number of rotatable bonds is 8. The highest BCUT2D eigenvalue weighted by Gasteiger charge is 2.10. The molecule has 0 aromatic heterocycles. The fraction of sp³-hybridized carbons (Fsp3) is 0.0800. The molecule has 0 saturated carbocycles. The van der Waals surface area contributed by atoms with Crippen LogP contribution in [0.25, 0.3) is 6.08 Å². The third-order valence-electron chi connectivity index (χ3n) is 4.36. The lowest BCUT2D eigenvalue weighted by molar-refractivity contribution is -0.123. The highest BCUT2D eigenvalue weighted by atomic mass is 19.1. The summed E-state index contributed by atoms with van der Waals surface area (Å²) >= 11 is 0. The van der Waals surface area contributed by atoms with E-state index >= 15 is 0 Å². The number of hydrogen-bond acceptors (Lipinski definition) is 4. The number of halogens is 1. The van der Waals surface area contributed by atoms with Crippen LogP contribution < -0.4 is 15.4 Å². The molecule has 0 aliphatic heterocycles. The van der Waals surface area contributed by atoms with Gasteiger partial charge >= 0.3 is 0 Å². The standard InChI is InChI=1S/C25H20FN3O3/c26-21-8-10-22(11-9-21)29-25(31)20(15-27)14-18-6-12-23(13-7-18)32-17-24(30)28-16-19-4-2-1-3-5-19/h1-14H,16-17H2,(H,28,30)(H,29,31)/b20-14+. The van der Waals surface area contributed by atoms with Crippen LogP contribution in [0, 0.1) is 17.1 Å². The first kappa shape index (κ1) is 22.2. The molecule has 0 bridgehead atoms. The summed E-state index contributed by atoms with van der Waals surface area (Å²) in [6.07, 6.45) is 1.43. The molecule has 0 unspecified atom stereocenters. The lowest BCUT2D eigenvalue weighted by Crippen LogP contribution is -2.28. The summed E-state index contributed by atoms with van der Waals surface area (Å²) in [6.45, 7) is 0.287. The van der Waals surface area contributed by atoms with Gasteiger partial charge in [-0.3, -0.25) is 9.59 Å². The molecular weight excluding hydrogens is 409 g/mol. The van der Waals surface area contributed by atoms with Gasteiger partial charge in [-0.1, -0.05) is 42.5 Å². The van der Waals surface area contributed by atoms with Crippen molar-refractivity contribution in [1.29, 1.82) is 5.26 Å². The summed E-state index contributed by atoms with van der Waals surface area (Å²) in [6, 6.07) is 23.3. The summed E-state index contributed by atoms with van der Waals surface area (Å²) in [5.41, 5.74) is 1.88. The number of nitriles is 1. The van der Waals surface area contributed by atoms with E-state index in [2.05, 4.69) is 10.6 Å². The highest BCUT2D eigenvalue weighted by Crippen LogP contribution is 2.16. The van der Waals surface area contributed by atoms with Crippen molar-refractivity contribution in [3.63, 3.8) is 0 Å². The van der Waals surface area contributed by atoms with Crippen LogP contribution in [0.5, 0.6) is 5.75 Å². The minimum absolute atomic E-state index is 0.108. The molecule has 160 valence electrons. The molecule has 0 radical (unpaired) electrons. The second-order valence-electron chi connectivity index (χ2n) is 6.75. The molecule has 3 rings (SSSR count). The third kappa shape index (κ3) is 6.82. The Labute approximate surface area is 185 Å². The van der Waals surface area contributed by atoms with E-state index in [0.717, 1.165) is 5.56 Å². The average Bonchev–Trinajstić information content (AvgIpc) is 2.82. The zero-order valence-corrected chi connectivity index (χ0v) is 17.0. The van der Waals surface area contributed by atoms with E-state index in [9.17, 15) is 19.2 Å². The highest BCUT2D eigenvalue weighted by molar-refractivity contribution is 6.09. The van der Waals surface area contributed by atoms with Gasteiger partial charge in [0.2, 0.25) is 0 Å². The van der Waals surface area contributed by atoms with Gasteiger partial charge in [0.15, 0.2) is 6.61 Å². The van der Waals surface area contributed by atoms with Gasteiger partial charge in [0.1, 0.15) is 23.2 Å². The van der Waals surface area contributed by atoms with E-state index in [1.165, 1.54) is 30.3 Å². The maximum absolute atomic E-state index is 13.0. The molecular formula is C25H20FN3O3. The van der Waals surface area contributed by atoms with Gasteiger partial charge in [-0.25, -0.2) is 4.39 Å². The monoisotopic (exact) mass is 429 g/mol. The predicted molar refractivity (Wildman–Crippen MR) is 119 cm³/mol. The molecule has 6 nitrogen and oxygen atoms in total. The molecule has 32 heavy (non-hydrogen) atoms. The van der Waals surface area contributed by atoms with Gasteiger partial charge in [-0.2, -0.15) is 5.26 Å². The smallest absolute Gasteiger partial charge is 0.266 e. The molecule has 0 heterocycles. The van der Waals surface area contributed by atoms with Crippen LogP contribution in [0.3, 0.4) is 0 Å². The summed E-state index contributed by atoms with van der Waals surface area (Å²) in [4.78, 5) is 24.2. The fourth-order valence-electron chi connectivity index (χ4n) is 2.70. The molecule has 0 aliphatic carbocycles. The number of hydrogen-bond donors (Lipinski definition) is 2. The average molecular weight is 429 g/mol. The normalized spacial score (nSPS) is 10.7. The predicted octanol–water partition coefficient (Wildman–Crippen LogP) is 4.07. The molecule has 0 spiro atoms. The van der Waals surface area contributed by atoms with Crippen molar-refractivity contribution in [3.05, 3.63) is 101 Å². The summed E-state index contributed by atoms with van der Waals surface area (Å²) in [5.74, 6) is -0.794. The lowest BCUT2D eigenvalue weighted by atomic mass is 10.1. The van der Waals surface area contributed by atoms with E-state index < -0.39 is 11.7 Å². The van der Waals surface area contributed by atoms with Gasteiger partial charge in [0.05, 0.1) is 0 Å². The number of nitrogens with zero attached hydrogens (tertiary/aromatic N) is 1. The van der Waals surface area contributed by atoms with Crippen molar-refractivity contribution in [1.82, 2.24) is 5.32 Å². The van der Waals surface area contributed by atoms with Crippen LogP contribution in [-0.2, 0) is 16.1 Å². The number of benzene rings is 3. The topological polar surface area (TPSA) is 91.2 Å². The van der Waals surface area contributed by atoms with Crippen molar-refractivity contribution in [3.8, 4) is 11.8 Å². The summed E-state index contributed by atoms with van der Waals surface area (Å²) < 4.78 is 18.4. The van der Waals surface area contributed by atoms with Gasteiger partial charge in [0, 0.05) is 12.2 Å². The SMILES string of the molecule is N#C/C(=C\c1ccc(OCC(=O)NCc2ccccc2)cc1)C(=O)Nc1ccc(F)cc1. The number of anilines is 1. The summed E-state index contributed by atoms with van der Waals surface area (Å²) in [7, 11) is 0. The molecule has 0 atom stereocenters. The Morgan fingerprint density at radius 3 is 2.31 bits per heavy atom. The Balaban J connectivity index is 1.52. The second kappa shape index (κ2) is 11.1. The van der Waals surface area contributed by atoms with E-state index in [1.54, 1.807) is 24.3 Å². The number of amides is 2. The number of carbonyl (C=O) groups is 2. The van der Waals surface area contributed by atoms with Crippen molar-refractivity contribution >= 4 is 23.6 Å². The van der Waals surface area contributed by atoms with Crippen molar-refractivity contribution in [2.24, 2.45) is 0 Å². The van der Waals surface area contributed by atoms with Crippen molar-refractivity contribution < 1.29 is 18.7 Å². The minimum atomic E-state index is -0.602. The van der Waals surface area contributed by atoms with Crippen LogP contribution in [0.1, 0.15) is 11.1 Å². The van der Waals surface area contributed by atoms with Gasteiger partial charge in [0.25, 0.3) is 11.8 Å². The van der Waals surface area contributed by atoms with E-state index in [-0.39, 0.29) is 18.1 Å². The van der Waals surface area contributed by atoms with E-state index in [4.69, 9.17) is 4.74 Å². The first-order valence-electron chi connectivity index (χ1n) is 9.76. The Morgan fingerprint density at radius 1 is 0.969 bits per heavy atom. The lowest BCUT2D eigenvalue weighted by Gasteiger charge is -2.08. The maximum atomic E-state index is 13.0. The third-order valence-corrected chi connectivity index (χ3v) is 4.36.